The minimum atomic E-state index is 0.0835. The second-order valence-electron chi connectivity index (χ2n) is 3.85. The number of hydrogen-bond acceptors (Lipinski definition) is 4. The van der Waals surface area contributed by atoms with Crippen molar-refractivity contribution in [1.82, 2.24) is 4.98 Å². The summed E-state index contributed by atoms with van der Waals surface area (Å²) in [7, 11) is 0. The average Bonchev–Trinajstić information content (AvgIpc) is 2.42. The Morgan fingerprint density at radius 3 is 2.79 bits per heavy atom. The van der Waals surface area contributed by atoms with Crippen LogP contribution in [0.1, 0.15) is 11.1 Å². The molecule has 19 heavy (non-hydrogen) atoms. The zero-order chi connectivity index (χ0) is 13.8. The third-order valence-corrected chi connectivity index (χ3v) is 3.92. The molecule has 2 rings (SSSR count). The molecule has 0 aliphatic heterocycles. The van der Waals surface area contributed by atoms with E-state index in [-0.39, 0.29) is 5.84 Å². The number of pyridine rings is 1. The fourth-order valence-corrected chi connectivity index (χ4v) is 2.64. The molecule has 2 aromatic rings. The highest BCUT2D eigenvalue weighted by Crippen LogP contribution is 2.32. The Labute approximate surface area is 120 Å². The summed E-state index contributed by atoms with van der Waals surface area (Å²) in [5.41, 5.74) is 7.40. The number of nitrogens with zero attached hydrogens (tertiary/aromatic N) is 2. The van der Waals surface area contributed by atoms with Gasteiger partial charge in [0.15, 0.2) is 5.84 Å². The first-order valence-electron chi connectivity index (χ1n) is 5.48. The van der Waals surface area contributed by atoms with Crippen LogP contribution in [0.5, 0.6) is 0 Å². The number of oxime groups is 1. The van der Waals surface area contributed by atoms with Crippen molar-refractivity contribution in [2.24, 2.45) is 10.9 Å². The van der Waals surface area contributed by atoms with Gasteiger partial charge in [-0.1, -0.05) is 40.7 Å². The smallest absolute Gasteiger partial charge is 0.171 e. The van der Waals surface area contributed by atoms with Crippen molar-refractivity contribution < 1.29 is 5.21 Å². The van der Waals surface area contributed by atoms with E-state index in [2.05, 4.69) is 10.1 Å². The Bertz CT molecular complexity index is 614. The molecule has 1 heterocycles. The second kappa shape index (κ2) is 5.95. The van der Waals surface area contributed by atoms with E-state index in [4.69, 9.17) is 22.5 Å². The molecule has 0 amide bonds. The average molecular weight is 294 g/mol. The summed E-state index contributed by atoms with van der Waals surface area (Å²) in [5, 5.41) is 13.3. The lowest BCUT2D eigenvalue weighted by Crippen LogP contribution is -2.14. The lowest BCUT2D eigenvalue weighted by atomic mass is 10.1. The number of aryl methyl sites for hydroxylation is 1. The summed E-state index contributed by atoms with van der Waals surface area (Å²) < 4.78 is 0. The Morgan fingerprint density at radius 2 is 2.16 bits per heavy atom. The van der Waals surface area contributed by atoms with E-state index in [1.807, 2.05) is 25.1 Å². The zero-order valence-electron chi connectivity index (χ0n) is 10.2. The molecule has 0 aliphatic carbocycles. The molecule has 98 valence electrons. The Kier molecular flexibility index (Phi) is 4.29. The number of benzene rings is 1. The largest absolute Gasteiger partial charge is 0.409 e. The van der Waals surface area contributed by atoms with E-state index in [1.54, 1.807) is 18.3 Å². The van der Waals surface area contributed by atoms with Gasteiger partial charge >= 0.3 is 0 Å². The highest BCUT2D eigenvalue weighted by molar-refractivity contribution is 7.99. The Morgan fingerprint density at radius 1 is 1.37 bits per heavy atom. The highest BCUT2D eigenvalue weighted by Gasteiger charge is 2.11. The molecule has 0 saturated carbocycles. The predicted molar refractivity (Wildman–Crippen MR) is 77.1 cm³/mol. The molecule has 0 atom stereocenters. The molecule has 0 bridgehead atoms. The van der Waals surface area contributed by atoms with Crippen LogP contribution in [0.2, 0.25) is 5.02 Å². The number of amidine groups is 1. The first kappa shape index (κ1) is 13.7. The van der Waals surface area contributed by atoms with E-state index in [0.717, 1.165) is 15.5 Å². The fraction of sp³-hybridized carbons (Fsp3) is 0.0769. The lowest BCUT2D eigenvalue weighted by molar-refractivity contribution is 0.318. The van der Waals surface area contributed by atoms with Gasteiger partial charge in [-0.05, 0) is 30.7 Å². The maximum atomic E-state index is 8.83. The van der Waals surface area contributed by atoms with Gasteiger partial charge in [-0.3, -0.25) is 0 Å². The number of rotatable bonds is 3. The quantitative estimate of drug-likeness (QED) is 0.394. The molecule has 1 aromatic heterocycles. The number of hydrogen-bond donors (Lipinski definition) is 2. The zero-order valence-corrected chi connectivity index (χ0v) is 11.7. The number of halogens is 1. The van der Waals surface area contributed by atoms with Crippen LogP contribution < -0.4 is 5.73 Å². The normalized spacial score (nSPS) is 11.6. The Hall–Kier alpha value is -1.72. The molecule has 0 aliphatic rings. The molecular formula is C13H12ClN3OS. The summed E-state index contributed by atoms with van der Waals surface area (Å²) in [6, 6.07) is 9.24. The van der Waals surface area contributed by atoms with E-state index in [1.165, 1.54) is 11.8 Å². The predicted octanol–water partition coefficient (Wildman–Crippen LogP) is 3.29. The highest BCUT2D eigenvalue weighted by atomic mass is 35.5. The lowest BCUT2D eigenvalue weighted by Gasteiger charge is -2.10. The van der Waals surface area contributed by atoms with Gasteiger partial charge in [-0.15, -0.1) is 0 Å². The third kappa shape index (κ3) is 3.19. The molecular weight excluding hydrogens is 282 g/mol. The van der Waals surface area contributed by atoms with Crippen molar-refractivity contribution in [1.29, 1.82) is 0 Å². The van der Waals surface area contributed by atoms with E-state index in [0.29, 0.717) is 10.6 Å². The van der Waals surface area contributed by atoms with Crippen LogP contribution in [0.25, 0.3) is 0 Å². The van der Waals surface area contributed by atoms with Gasteiger partial charge in [0.1, 0.15) is 5.03 Å². The van der Waals surface area contributed by atoms with Crippen LogP contribution >= 0.6 is 23.4 Å². The van der Waals surface area contributed by atoms with Crippen LogP contribution in [0.4, 0.5) is 0 Å². The Balaban J connectivity index is 2.41. The third-order valence-electron chi connectivity index (χ3n) is 2.50. The summed E-state index contributed by atoms with van der Waals surface area (Å²) in [5.74, 6) is 0.0835. The van der Waals surface area contributed by atoms with Crippen molar-refractivity contribution in [3.05, 3.63) is 52.7 Å². The second-order valence-corrected chi connectivity index (χ2v) is 5.32. The summed E-state index contributed by atoms with van der Waals surface area (Å²) >= 11 is 7.26. The molecule has 0 unspecified atom stereocenters. The van der Waals surface area contributed by atoms with E-state index in [9.17, 15) is 0 Å². The molecule has 3 N–H and O–H groups in total. The summed E-state index contributed by atoms with van der Waals surface area (Å²) in [6.45, 7) is 1.96. The van der Waals surface area contributed by atoms with E-state index < -0.39 is 0 Å². The van der Waals surface area contributed by atoms with Crippen LogP contribution in [0.3, 0.4) is 0 Å². The number of nitrogens with two attached hydrogens (primary N) is 1. The van der Waals surface area contributed by atoms with Gasteiger partial charge in [0.25, 0.3) is 0 Å². The number of aromatic nitrogens is 1. The summed E-state index contributed by atoms with van der Waals surface area (Å²) in [4.78, 5) is 5.14. The SMILES string of the molecule is Cc1cccc(/C(N)=N/O)c1Sc1ccc(Cl)cn1. The molecule has 1 aromatic carbocycles. The van der Waals surface area contributed by atoms with E-state index >= 15 is 0 Å². The van der Waals surface area contributed by atoms with Crippen molar-refractivity contribution in [2.45, 2.75) is 16.8 Å². The molecule has 0 saturated heterocycles. The van der Waals surface area contributed by atoms with Gasteiger partial charge < -0.3 is 10.9 Å². The molecule has 0 radical (unpaired) electrons. The standard InChI is InChI=1S/C13H12ClN3OS/c1-8-3-2-4-10(13(15)17-18)12(8)19-11-6-5-9(14)7-16-11/h2-7,18H,1H3,(H2,15,17). The van der Waals surface area contributed by atoms with Gasteiger partial charge in [-0.2, -0.15) is 0 Å². The van der Waals surface area contributed by atoms with Gasteiger partial charge in [0, 0.05) is 16.7 Å². The first-order valence-corrected chi connectivity index (χ1v) is 6.68. The van der Waals surface area contributed by atoms with Crippen molar-refractivity contribution in [3.63, 3.8) is 0 Å². The monoisotopic (exact) mass is 293 g/mol. The van der Waals surface area contributed by atoms with Gasteiger partial charge in [-0.25, -0.2) is 4.98 Å². The summed E-state index contributed by atoms with van der Waals surface area (Å²) in [6.07, 6.45) is 1.59. The first-order chi connectivity index (χ1) is 9.11. The molecule has 0 fully saturated rings. The minimum absolute atomic E-state index is 0.0835. The van der Waals surface area contributed by atoms with Crippen LogP contribution in [-0.2, 0) is 0 Å². The topological polar surface area (TPSA) is 71.5 Å². The maximum absolute atomic E-state index is 8.83. The van der Waals surface area contributed by atoms with Crippen molar-refractivity contribution >= 4 is 29.2 Å². The molecule has 6 heteroatoms. The molecule has 4 nitrogen and oxygen atoms in total. The van der Waals surface area contributed by atoms with Crippen molar-refractivity contribution in [3.8, 4) is 0 Å². The van der Waals surface area contributed by atoms with Crippen LogP contribution in [0, 0.1) is 6.92 Å². The molecule has 0 spiro atoms. The maximum Gasteiger partial charge on any atom is 0.171 e. The van der Waals surface area contributed by atoms with Crippen molar-refractivity contribution in [2.75, 3.05) is 0 Å². The minimum Gasteiger partial charge on any atom is -0.409 e. The fourth-order valence-electron chi connectivity index (χ4n) is 1.57. The van der Waals surface area contributed by atoms with Crippen LogP contribution in [-0.4, -0.2) is 16.0 Å². The van der Waals surface area contributed by atoms with Crippen LogP contribution in [0.15, 0.2) is 51.6 Å². The van der Waals surface area contributed by atoms with Gasteiger partial charge in [0.2, 0.25) is 0 Å². The van der Waals surface area contributed by atoms with Gasteiger partial charge in [0.05, 0.1) is 5.02 Å².